The zero-order chi connectivity index (χ0) is 19.9. The second-order valence-electron chi connectivity index (χ2n) is 6.65. The molecule has 1 atom stereocenters. The van der Waals surface area contributed by atoms with E-state index in [9.17, 15) is 9.59 Å². The molecule has 0 saturated heterocycles. The Labute approximate surface area is 165 Å². The van der Waals surface area contributed by atoms with Crippen molar-refractivity contribution in [1.29, 1.82) is 0 Å². The Bertz CT molecular complexity index is 949. The molecular weight excluding hydrogens is 350 g/mol. The number of hydrogen-bond acceptors (Lipinski definition) is 3. The standard InChI is InChI=1S/C24H23NO3/c1-17-8-6-7-11-22(17)18(2)25-23(26)16-28-21-14-12-20(13-15-21)24(27)19-9-4-3-5-10-19/h3-15,18H,16H2,1-2H3,(H,25,26)/t18-/m0/s1. The van der Waals surface area contributed by atoms with Crippen LogP contribution >= 0.6 is 0 Å². The molecule has 3 rings (SSSR count). The van der Waals surface area contributed by atoms with Crippen molar-refractivity contribution >= 4 is 11.7 Å². The lowest BCUT2D eigenvalue weighted by molar-refractivity contribution is -0.123. The molecule has 0 aromatic heterocycles. The largest absolute Gasteiger partial charge is 0.484 e. The lowest BCUT2D eigenvalue weighted by Crippen LogP contribution is -2.31. The van der Waals surface area contributed by atoms with Gasteiger partial charge < -0.3 is 10.1 Å². The van der Waals surface area contributed by atoms with Crippen LogP contribution in [0.15, 0.2) is 78.9 Å². The third-order valence-electron chi connectivity index (χ3n) is 4.55. The van der Waals surface area contributed by atoms with Gasteiger partial charge in [-0.25, -0.2) is 0 Å². The lowest BCUT2D eigenvalue weighted by atomic mass is 10.0. The summed E-state index contributed by atoms with van der Waals surface area (Å²) in [7, 11) is 0. The Kier molecular flexibility index (Phi) is 6.22. The second kappa shape index (κ2) is 9.00. The van der Waals surface area contributed by atoms with E-state index in [0.29, 0.717) is 16.9 Å². The molecule has 28 heavy (non-hydrogen) atoms. The van der Waals surface area contributed by atoms with Crippen LogP contribution in [-0.4, -0.2) is 18.3 Å². The maximum atomic E-state index is 12.4. The molecule has 0 aliphatic carbocycles. The molecule has 4 heteroatoms. The molecule has 0 unspecified atom stereocenters. The van der Waals surface area contributed by atoms with Crippen LogP contribution in [-0.2, 0) is 4.79 Å². The van der Waals surface area contributed by atoms with Crippen LogP contribution in [0.4, 0.5) is 0 Å². The third kappa shape index (κ3) is 4.86. The van der Waals surface area contributed by atoms with Gasteiger partial charge >= 0.3 is 0 Å². The zero-order valence-corrected chi connectivity index (χ0v) is 16.0. The second-order valence-corrected chi connectivity index (χ2v) is 6.65. The number of carbonyl (C=O) groups is 2. The predicted molar refractivity (Wildman–Crippen MR) is 110 cm³/mol. The summed E-state index contributed by atoms with van der Waals surface area (Å²) in [5, 5.41) is 2.94. The Morgan fingerprint density at radius 3 is 2.14 bits per heavy atom. The summed E-state index contributed by atoms with van der Waals surface area (Å²) in [4.78, 5) is 24.6. The van der Waals surface area contributed by atoms with Crippen molar-refractivity contribution in [2.24, 2.45) is 0 Å². The van der Waals surface area contributed by atoms with Crippen LogP contribution in [0.2, 0.25) is 0 Å². The summed E-state index contributed by atoms with van der Waals surface area (Å²) in [6.07, 6.45) is 0. The highest BCUT2D eigenvalue weighted by Crippen LogP contribution is 2.17. The van der Waals surface area contributed by atoms with Gasteiger partial charge in [-0.05, 0) is 49.2 Å². The fraction of sp³-hybridized carbons (Fsp3) is 0.167. The number of rotatable bonds is 7. The van der Waals surface area contributed by atoms with Crippen molar-refractivity contribution in [2.45, 2.75) is 19.9 Å². The van der Waals surface area contributed by atoms with E-state index >= 15 is 0 Å². The van der Waals surface area contributed by atoms with Gasteiger partial charge in [-0.3, -0.25) is 9.59 Å². The molecule has 3 aromatic carbocycles. The predicted octanol–water partition coefficient (Wildman–Crippen LogP) is 4.48. The molecule has 0 aliphatic rings. The minimum atomic E-state index is -0.194. The van der Waals surface area contributed by atoms with Gasteiger partial charge in [0.2, 0.25) is 0 Å². The third-order valence-corrected chi connectivity index (χ3v) is 4.55. The number of nitrogens with one attached hydrogen (secondary N) is 1. The van der Waals surface area contributed by atoms with Crippen LogP contribution in [0.3, 0.4) is 0 Å². The van der Waals surface area contributed by atoms with E-state index in [4.69, 9.17) is 4.74 Å². The van der Waals surface area contributed by atoms with E-state index in [2.05, 4.69) is 5.32 Å². The van der Waals surface area contributed by atoms with Crippen molar-refractivity contribution in [3.8, 4) is 5.75 Å². The molecule has 0 bridgehead atoms. The van der Waals surface area contributed by atoms with Gasteiger partial charge in [-0.1, -0.05) is 54.6 Å². The Hall–Kier alpha value is -3.40. The van der Waals surface area contributed by atoms with E-state index in [1.165, 1.54) is 0 Å². The number of amides is 1. The summed E-state index contributed by atoms with van der Waals surface area (Å²) < 4.78 is 5.55. The molecule has 0 fully saturated rings. The first-order chi connectivity index (χ1) is 13.5. The van der Waals surface area contributed by atoms with E-state index in [0.717, 1.165) is 11.1 Å². The average Bonchev–Trinajstić information content (AvgIpc) is 2.73. The summed E-state index contributed by atoms with van der Waals surface area (Å²) in [6.45, 7) is 3.89. The quantitative estimate of drug-likeness (QED) is 0.621. The number of ketones is 1. The number of carbonyl (C=O) groups excluding carboxylic acids is 2. The van der Waals surface area contributed by atoms with Gasteiger partial charge in [0.25, 0.3) is 5.91 Å². The fourth-order valence-corrected chi connectivity index (χ4v) is 3.04. The van der Waals surface area contributed by atoms with Crippen molar-refractivity contribution in [1.82, 2.24) is 5.32 Å². The molecule has 0 heterocycles. The van der Waals surface area contributed by atoms with Gasteiger partial charge in [-0.2, -0.15) is 0 Å². The van der Waals surface area contributed by atoms with Crippen molar-refractivity contribution in [3.05, 3.63) is 101 Å². The monoisotopic (exact) mass is 373 g/mol. The van der Waals surface area contributed by atoms with E-state index < -0.39 is 0 Å². The highest BCUT2D eigenvalue weighted by Gasteiger charge is 2.12. The molecule has 1 N–H and O–H groups in total. The molecule has 0 saturated carbocycles. The van der Waals surface area contributed by atoms with Crippen LogP contribution in [0.5, 0.6) is 5.75 Å². The molecule has 0 spiro atoms. The first kappa shape index (κ1) is 19.4. The Morgan fingerprint density at radius 1 is 0.857 bits per heavy atom. The van der Waals surface area contributed by atoms with Crippen LogP contribution < -0.4 is 10.1 Å². The molecule has 0 radical (unpaired) electrons. The number of hydrogen-bond donors (Lipinski definition) is 1. The topological polar surface area (TPSA) is 55.4 Å². The molecule has 4 nitrogen and oxygen atoms in total. The summed E-state index contributed by atoms with van der Waals surface area (Å²) >= 11 is 0. The van der Waals surface area contributed by atoms with Crippen molar-refractivity contribution in [2.75, 3.05) is 6.61 Å². The van der Waals surface area contributed by atoms with Crippen LogP contribution in [0, 0.1) is 6.92 Å². The molecular formula is C24H23NO3. The lowest BCUT2D eigenvalue weighted by Gasteiger charge is -2.16. The zero-order valence-electron chi connectivity index (χ0n) is 16.0. The first-order valence-corrected chi connectivity index (χ1v) is 9.22. The van der Waals surface area contributed by atoms with E-state index in [-0.39, 0.29) is 24.3 Å². The van der Waals surface area contributed by atoms with Gasteiger partial charge in [0, 0.05) is 11.1 Å². The highest BCUT2D eigenvalue weighted by atomic mass is 16.5. The fourth-order valence-electron chi connectivity index (χ4n) is 3.04. The minimum absolute atomic E-state index is 0.0445. The highest BCUT2D eigenvalue weighted by molar-refractivity contribution is 6.08. The van der Waals surface area contributed by atoms with Gasteiger partial charge in [0.05, 0.1) is 6.04 Å². The normalized spacial score (nSPS) is 11.5. The van der Waals surface area contributed by atoms with E-state index in [1.54, 1.807) is 36.4 Å². The minimum Gasteiger partial charge on any atom is -0.484 e. The summed E-state index contributed by atoms with van der Waals surface area (Å²) in [5.41, 5.74) is 3.44. The molecule has 0 aliphatic heterocycles. The maximum Gasteiger partial charge on any atom is 0.258 e. The number of ether oxygens (including phenoxy) is 1. The van der Waals surface area contributed by atoms with Crippen molar-refractivity contribution < 1.29 is 14.3 Å². The number of benzene rings is 3. The molecule has 1 amide bonds. The van der Waals surface area contributed by atoms with E-state index in [1.807, 2.05) is 56.3 Å². The van der Waals surface area contributed by atoms with Gasteiger partial charge in [0.15, 0.2) is 12.4 Å². The molecule has 142 valence electrons. The Morgan fingerprint density at radius 2 is 1.46 bits per heavy atom. The molecule has 3 aromatic rings. The number of aryl methyl sites for hydroxylation is 1. The summed E-state index contributed by atoms with van der Waals surface area (Å²) in [6, 6.07) is 23.8. The van der Waals surface area contributed by atoms with Crippen LogP contribution in [0.1, 0.15) is 40.0 Å². The van der Waals surface area contributed by atoms with Gasteiger partial charge in [0.1, 0.15) is 5.75 Å². The van der Waals surface area contributed by atoms with Gasteiger partial charge in [-0.15, -0.1) is 0 Å². The average molecular weight is 373 g/mol. The smallest absolute Gasteiger partial charge is 0.258 e. The van der Waals surface area contributed by atoms with Crippen molar-refractivity contribution in [3.63, 3.8) is 0 Å². The van der Waals surface area contributed by atoms with Crippen LogP contribution in [0.25, 0.3) is 0 Å². The Balaban J connectivity index is 1.54. The SMILES string of the molecule is Cc1ccccc1[C@H](C)NC(=O)COc1ccc(C(=O)c2ccccc2)cc1. The first-order valence-electron chi connectivity index (χ1n) is 9.22. The summed E-state index contributed by atoms with van der Waals surface area (Å²) in [5.74, 6) is 0.306. The maximum absolute atomic E-state index is 12.4.